The molecule has 0 unspecified atom stereocenters. The predicted molar refractivity (Wildman–Crippen MR) is 49.6 cm³/mol. The van der Waals surface area contributed by atoms with Crippen molar-refractivity contribution in [2.24, 2.45) is 0 Å². The number of aliphatic hydroxyl groups excluding tert-OH is 1. The lowest BCUT2D eigenvalue weighted by atomic mass is 10.5. The second kappa shape index (κ2) is 3.90. The molecule has 0 spiro atoms. The van der Waals surface area contributed by atoms with Crippen LogP contribution >= 0.6 is 0 Å². The molecule has 0 aromatic carbocycles. The minimum Gasteiger partial charge on any atom is -0.395 e. The summed E-state index contributed by atoms with van der Waals surface area (Å²) in [5.41, 5.74) is 5.04. The van der Waals surface area contributed by atoms with Crippen molar-refractivity contribution in [1.82, 2.24) is 9.97 Å². The Labute approximate surface area is 75.0 Å². The van der Waals surface area contributed by atoms with Crippen molar-refractivity contribution in [3.05, 3.63) is 16.4 Å². The third kappa shape index (κ3) is 2.45. The first-order valence-corrected chi connectivity index (χ1v) is 3.82. The van der Waals surface area contributed by atoms with E-state index in [1.165, 1.54) is 6.07 Å². The van der Waals surface area contributed by atoms with Gasteiger partial charge in [-0.15, -0.1) is 0 Å². The molecule has 0 aliphatic carbocycles. The van der Waals surface area contributed by atoms with E-state index < -0.39 is 0 Å². The number of nitrogens with two attached hydrogens (primary N) is 1. The van der Waals surface area contributed by atoms with Gasteiger partial charge in [0.05, 0.1) is 6.61 Å². The van der Waals surface area contributed by atoms with E-state index in [-0.39, 0.29) is 18.1 Å². The molecular formula is C7H12N4O2. The quantitative estimate of drug-likeness (QED) is 0.547. The fraction of sp³-hybridized carbons (Fsp3) is 0.429. The summed E-state index contributed by atoms with van der Waals surface area (Å²) >= 11 is 0. The molecule has 0 saturated heterocycles. The number of aliphatic hydroxyl groups is 1. The van der Waals surface area contributed by atoms with Gasteiger partial charge in [-0.05, 0) is 0 Å². The van der Waals surface area contributed by atoms with Gasteiger partial charge >= 0.3 is 0 Å². The van der Waals surface area contributed by atoms with Crippen LogP contribution in [0.2, 0.25) is 0 Å². The highest BCUT2D eigenvalue weighted by Gasteiger charge is 2.03. The van der Waals surface area contributed by atoms with Gasteiger partial charge in [0, 0.05) is 19.7 Å². The molecule has 6 heteroatoms. The van der Waals surface area contributed by atoms with E-state index in [0.717, 1.165) is 0 Å². The van der Waals surface area contributed by atoms with E-state index in [2.05, 4.69) is 9.97 Å². The van der Waals surface area contributed by atoms with Crippen molar-refractivity contribution in [3.8, 4) is 0 Å². The number of hydrogen-bond donors (Lipinski definition) is 3. The number of hydrogen-bond acceptors (Lipinski definition) is 5. The Kier molecular flexibility index (Phi) is 2.86. The molecule has 0 aliphatic rings. The van der Waals surface area contributed by atoms with Gasteiger partial charge in [0.15, 0.2) is 0 Å². The van der Waals surface area contributed by atoms with Crippen LogP contribution in [0.4, 0.5) is 11.8 Å². The summed E-state index contributed by atoms with van der Waals surface area (Å²) in [6.45, 7) is 0.417. The van der Waals surface area contributed by atoms with Crippen molar-refractivity contribution in [2.75, 3.05) is 30.8 Å². The van der Waals surface area contributed by atoms with E-state index in [1.807, 2.05) is 0 Å². The highest BCUT2D eigenvalue weighted by Crippen LogP contribution is 2.04. The van der Waals surface area contributed by atoms with Crippen LogP contribution in [0.3, 0.4) is 0 Å². The molecule has 0 aliphatic heterocycles. The Morgan fingerprint density at radius 1 is 1.77 bits per heavy atom. The summed E-state index contributed by atoms with van der Waals surface area (Å²) in [5.74, 6) is 0.530. The number of aromatic amines is 1. The molecule has 0 bridgehead atoms. The average molecular weight is 184 g/mol. The Morgan fingerprint density at radius 3 is 3.00 bits per heavy atom. The fourth-order valence-corrected chi connectivity index (χ4v) is 0.923. The first kappa shape index (κ1) is 9.53. The molecule has 0 fully saturated rings. The number of anilines is 2. The highest BCUT2D eigenvalue weighted by atomic mass is 16.3. The summed E-state index contributed by atoms with van der Waals surface area (Å²) in [6, 6.07) is 1.33. The minimum absolute atomic E-state index is 0.00485. The number of H-pyrrole nitrogens is 1. The lowest BCUT2D eigenvalue weighted by Gasteiger charge is -2.15. The highest BCUT2D eigenvalue weighted by molar-refractivity contribution is 5.39. The van der Waals surface area contributed by atoms with Crippen LogP contribution in [-0.2, 0) is 0 Å². The van der Waals surface area contributed by atoms with Crippen LogP contribution in [0.15, 0.2) is 10.9 Å². The Hall–Kier alpha value is -1.56. The molecule has 0 atom stereocenters. The molecule has 1 aromatic rings. The predicted octanol–water partition coefficient (Wildman–Crippen LogP) is -1.22. The lowest BCUT2D eigenvalue weighted by molar-refractivity contribution is 0.304. The zero-order valence-electron chi connectivity index (χ0n) is 7.32. The molecule has 1 heterocycles. The van der Waals surface area contributed by atoms with Crippen LogP contribution in [-0.4, -0.2) is 35.3 Å². The molecule has 6 nitrogen and oxygen atoms in total. The number of nitrogens with zero attached hydrogens (tertiary/aromatic N) is 2. The third-order valence-corrected chi connectivity index (χ3v) is 1.57. The normalized spacial score (nSPS) is 10.0. The zero-order valence-corrected chi connectivity index (χ0v) is 7.32. The SMILES string of the molecule is CN(CCO)c1cc(=O)[nH]c(N)n1. The first-order valence-electron chi connectivity index (χ1n) is 3.82. The lowest BCUT2D eigenvalue weighted by Crippen LogP contribution is -2.24. The van der Waals surface area contributed by atoms with Gasteiger partial charge in [-0.2, -0.15) is 4.98 Å². The molecule has 1 rings (SSSR count). The Balaban J connectivity index is 2.94. The molecule has 0 radical (unpaired) electrons. The largest absolute Gasteiger partial charge is 0.395 e. The van der Waals surface area contributed by atoms with Crippen molar-refractivity contribution in [1.29, 1.82) is 0 Å². The van der Waals surface area contributed by atoms with Gasteiger partial charge in [-0.3, -0.25) is 9.78 Å². The van der Waals surface area contributed by atoms with Crippen molar-refractivity contribution < 1.29 is 5.11 Å². The first-order chi connectivity index (χ1) is 6.13. The third-order valence-electron chi connectivity index (χ3n) is 1.57. The van der Waals surface area contributed by atoms with Gasteiger partial charge in [0.2, 0.25) is 5.95 Å². The monoisotopic (exact) mass is 184 g/mol. The molecule has 1 aromatic heterocycles. The summed E-state index contributed by atoms with van der Waals surface area (Å²) < 4.78 is 0. The smallest absolute Gasteiger partial charge is 0.254 e. The van der Waals surface area contributed by atoms with Crippen LogP contribution in [0.25, 0.3) is 0 Å². The number of rotatable bonds is 3. The Morgan fingerprint density at radius 2 is 2.46 bits per heavy atom. The molecule has 4 N–H and O–H groups in total. The summed E-state index contributed by atoms with van der Waals surface area (Å²) in [6.07, 6.45) is 0. The molecule has 0 amide bonds. The molecular weight excluding hydrogens is 172 g/mol. The van der Waals surface area contributed by atoms with Crippen LogP contribution in [0.1, 0.15) is 0 Å². The average Bonchev–Trinajstić information content (AvgIpc) is 2.03. The van der Waals surface area contributed by atoms with E-state index in [1.54, 1.807) is 11.9 Å². The second-order valence-electron chi connectivity index (χ2n) is 2.63. The van der Waals surface area contributed by atoms with E-state index in [9.17, 15) is 4.79 Å². The van der Waals surface area contributed by atoms with E-state index in [0.29, 0.717) is 12.4 Å². The van der Waals surface area contributed by atoms with Gasteiger partial charge in [-0.1, -0.05) is 0 Å². The maximum Gasteiger partial charge on any atom is 0.254 e. The van der Waals surface area contributed by atoms with E-state index in [4.69, 9.17) is 10.8 Å². The topological polar surface area (TPSA) is 95.2 Å². The van der Waals surface area contributed by atoms with Gasteiger partial charge in [0.25, 0.3) is 5.56 Å². The van der Waals surface area contributed by atoms with Crippen molar-refractivity contribution in [2.45, 2.75) is 0 Å². The number of nitrogen functional groups attached to an aromatic ring is 1. The van der Waals surface area contributed by atoms with Crippen molar-refractivity contribution >= 4 is 11.8 Å². The summed E-state index contributed by atoms with van der Waals surface area (Å²) in [7, 11) is 1.72. The maximum absolute atomic E-state index is 11.0. The van der Waals surface area contributed by atoms with Gasteiger partial charge in [0.1, 0.15) is 5.82 Å². The zero-order chi connectivity index (χ0) is 9.84. The number of nitrogens with one attached hydrogen (secondary N) is 1. The molecule has 0 saturated carbocycles. The standard InChI is InChI=1S/C7H12N4O2/c1-11(2-3-12)5-4-6(13)10-7(8)9-5/h4,12H,2-3H2,1H3,(H3,8,9,10,13). The minimum atomic E-state index is -0.299. The van der Waals surface area contributed by atoms with Crippen LogP contribution in [0.5, 0.6) is 0 Å². The number of likely N-dealkylation sites (N-methyl/N-ethyl adjacent to an activating group) is 1. The Bertz CT molecular complexity index is 336. The number of aromatic nitrogens is 2. The van der Waals surface area contributed by atoms with Crippen LogP contribution in [0, 0.1) is 0 Å². The van der Waals surface area contributed by atoms with Crippen LogP contribution < -0.4 is 16.2 Å². The summed E-state index contributed by atoms with van der Waals surface area (Å²) in [4.78, 5) is 18.8. The molecule has 72 valence electrons. The fourth-order valence-electron chi connectivity index (χ4n) is 0.923. The maximum atomic E-state index is 11.0. The van der Waals surface area contributed by atoms with Gasteiger partial charge in [-0.25, -0.2) is 0 Å². The van der Waals surface area contributed by atoms with E-state index >= 15 is 0 Å². The molecule has 13 heavy (non-hydrogen) atoms. The summed E-state index contributed by atoms with van der Waals surface area (Å²) in [5, 5.41) is 8.65. The second-order valence-corrected chi connectivity index (χ2v) is 2.63. The van der Waals surface area contributed by atoms with Crippen molar-refractivity contribution in [3.63, 3.8) is 0 Å². The van der Waals surface area contributed by atoms with Gasteiger partial charge < -0.3 is 15.7 Å².